The summed E-state index contributed by atoms with van der Waals surface area (Å²) in [6.45, 7) is 0.420. The number of benzene rings is 1. The summed E-state index contributed by atoms with van der Waals surface area (Å²) in [4.78, 5) is 13.0. The predicted molar refractivity (Wildman–Crippen MR) is 65.6 cm³/mol. The molecule has 0 N–H and O–H groups in total. The van der Waals surface area contributed by atoms with Crippen molar-refractivity contribution in [3.63, 3.8) is 0 Å². The zero-order valence-electron chi connectivity index (χ0n) is 8.72. The maximum Gasteiger partial charge on any atom is 0.227 e. The smallest absolute Gasteiger partial charge is 0.227 e. The third-order valence-corrected chi connectivity index (χ3v) is 3.91. The van der Waals surface area contributed by atoms with E-state index in [1.165, 1.54) is 4.90 Å². The highest BCUT2D eigenvalue weighted by Crippen LogP contribution is 2.31. The Morgan fingerprint density at radius 2 is 2.12 bits per heavy atom. The first-order valence-corrected chi connectivity index (χ1v) is 6.53. The van der Waals surface area contributed by atoms with Crippen LogP contribution in [0, 0.1) is 17.6 Å². The summed E-state index contributed by atoms with van der Waals surface area (Å²) in [6, 6.07) is 1.85. The Kier molecular flexibility index (Phi) is 3.68. The van der Waals surface area contributed by atoms with Crippen molar-refractivity contribution in [2.24, 2.45) is 5.92 Å². The lowest BCUT2D eigenvalue weighted by molar-refractivity contribution is -0.117. The molecule has 1 saturated heterocycles. The largest absolute Gasteiger partial charge is 0.309 e. The van der Waals surface area contributed by atoms with Crippen LogP contribution in [-0.4, -0.2) is 17.8 Å². The van der Waals surface area contributed by atoms with Gasteiger partial charge in [-0.05, 0) is 12.0 Å². The Morgan fingerprint density at radius 3 is 2.71 bits per heavy atom. The maximum absolute atomic E-state index is 13.6. The van der Waals surface area contributed by atoms with Gasteiger partial charge in [0.15, 0.2) is 0 Å². The number of halogens is 4. The molecule has 0 radical (unpaired) electrons. The molecule has 1 aromatic rings. The normalized spacial score (nSPS) is 20.1. The van der Waals surface area contributed by atoms with Crippen LogP contribution in [0.5, 0.6) is 0 Å². The lowest BCUT2D eigenvalue weighted by atomic mass is 10.2. The molecule has 1 unspecified atom stereocenters. The topological polar surface area (TPSA) is 20.3 Å². The monoisotopic (exact) mass is 323 g/mol. The predicted octanol–water partition coefficient (Wildman–Crippen LogP) is 3.37. The molecule has 17 heavy (non-hydrogen) atoms. The second-order valence-corrected chi connectivity index (χ2v) is 5.00. The first-order chi connectivity index (χ1) is 8.02. The van der Waals surface area contributed by atoms with Gasteiger partial charge in [0.05, 0.1) is 10.7 Å². The Morgan fingerprint density at radius 1 is 1.41 bits per heavy atom. The van der Waals surface area contributed by atoms with Crippen LogP contribution in [0.15, 0.2) is 12.1 Å². The molecule has 6 heteroatoms. The Bertz CT molecular complexity index is 469. The van der Waals surface area contributed by atoms with Crippen LogP contribution in [0.2, 0.25) is 5.02 Å². The van der Waals surface area contributed by atoms with E-state index in [1.54, 1.807) is 0 Å². The van der Waals surface area contributed by atoms with E-state index in [9.17, 15) is 13.6 Å². The van der Waals surface area contributed by atoms with E-state index in [0.717, 1.165) is 6.07 Å². The third-order valence-electron chi connectivity index (χ3n) is 2.70. The van der Waals surface area contributed by atoms with Gasteiger partial charge < -0.3 is 4.90 Å². The number of hydrogen-bond acceptors (Lipinski definition) is 1. The van der Waals surface area contributed by atoms with E-state index < -0.39 is 11.6 Å². The van der Waals surface area contributed by atoms with E-state index in [2.05, 4.69) is 15.9 Å². The maximum atomic E-state index is 13.6. The van der Waals surface area contributed by atoms with E-state index in [4.69, 9.17) is 11.6 Å². The summed E-state index contributed by atoms with van der Waals surface area (Å²) in [5.74, 6) is -1.62. The third kappa shape index (κ3) is 2.45. The number of carbonyl (C=O) groups is 1. The highest BCUT2D eigenvalue weighted by Gasteiger charge is 2.31. The first-order valence-electron chi connectivity index (χ1n) is 5.03. The molecule has 2 rings (SSSR count). The minimum absolute atomic E-state index is 0.0462. The van der Waals surface area contributed by atoms with Gasteiger partial charge in [-0.15, -0.1) is 0 Å². The van der Waals surface area contributed by atoms with Crippen LogP contribution in [0.4, 0.5) is 14.5 Å². The first kappa shape index (κ1) is 12.8. The van der Waals surface area contributed by atoms with Crippen LogP contribution in [-0.2, 0) is 4.79 Å². The number of carbonyl (C=O) groups excluding carboxylic acids is 1. The van der Waals surface area contributed by atoms with Gasteiger partial charge in [-0.25, -0.2) is 8.78 Å². The number of amides is 1. The van der Waals surface area contributed by atoms with Gasteiger partial charge in [0.1, 0.15) is 11.6 Å². The zero-order valence-corrected chi connectivity index (χ0v) is 11.1. The molecule has 0 aromatic heterocycles. The fourth-order valence-electron chi connectivity index (χ4n) is 1.84. The fraction of sp³-hybridized carbons (Fsp3) is 0.364. The number of anilines is 1. The van der Waals surface area contributed by atoms with Gasteiger partial charge in [0.2, 0.25) is 5.91 Å². The van der Waals surface area contributed by atoms with Crippen molar-refractivity contribution in [1.29, 1.82) is 0 Å². The van der Waals surface area contributed by atoms with Crippen molar-refractivity contribution in [3.05, 3.63) is 28.8 Å². The molecule has 1 aliphatic heterocycles. The van der Waals surface area contributed by atoms with Crippen molar-refractivity contribution in [1.82, 2.24) is 0 Å². The highest BCUT2D eigenvalue weighted by molar-refractivity contribution is 9.09. The minimum Gasteiger partial charge on any atom is -0.309 e. The molecule has 1 fully saturated rings. The van der Waals surface area contributed by atoms with Gasteiger partial charge >= 0.3 is 0 Å². The van der Waals surface area contributed by atoms with Gasteiger partial charge in [0.25, 0.3) is 0 Å². The van der Waals surface area contributed by atoms with Crippen molar-refractivity contribution < 1.29 is 13.6 Å². The van der Waals surface area contributed by atoms with E-state index in [-0.39, 0.29) is 22.5 Å². The molecule has 1 aliphatic rings. The second-order valence-electron chi connectivity index (χ2n) is 3.95. The number of alkyl halides is 1. The van der Waals surface area contributed by atoms with Crippen molar-refractivity contribution in [2.75, 3.05) is 16.8 Å². The quantitative estimate of drug-likeness (QED) is 0.603. The SMILES string of the molecule is O=C1CC(CBr)CN1c1cc(Cl)c(F)cc1F. The molecule has 0 bridgehead atoms. The van der Waals surface area contributed by atoms with Gasteiger partial charge in [-0.1, -0.05) is 27.5 Å². The minimum atomic E-state index is -0.823. The van der Waals surface area contributed by atoms with Crippen LogP contribution in [0.25, 0.3) is 0 Å². The average Bonchev–Trinajstić information content (AvgIpc) is 2.65. The zero-order chi connectivity index (χ0) is 12.6. The molecule has 92 valence electrons. The summed E-state index contributed by atoms with van der Waals surface area (Å²) in [5.41, 5.74) is 0.0462. The second kappa shape index (κ2) is 4.90. The molecule has 1 heterocycles. The number of hydrogen-bond donors (Lipinski definition) is 0. The highest BCUT2D eigenvalue weighted by atomic mass is 79.9. The van der Waals surface area contributed by atoms with E-state index in [1.807, 2.05) is 0 Å². The van der Waals surface area contributed by atoms with Crippen LogP contribution in [0.1, 0.15) is 6.42 Å². The van der Waals surface area contributed by atoms with E-state index >= 15 is 0 Å². The van der Waals surface area contributed by atoms with Gasteiger partial charge in [0, 0.05) is 24.4 Å². The standard InChI is InChI=1S/C11H9BrClF2NO/c12-4-6-1-11(17)16(5-6)10-2-7(13)8(14)3-9(10)15/h2-3,6H,1,4-5H2. The molecule has 0 saturated carbocycles. The molecule has 1 amide bonds. The number of nitrogens with zero attached hydrogens (tertiary/aromatic N) is 1. The number of rotatable bonds is 2. The Hall–Kier alpha value is -0.680. The Balaban J connectivity index is 2.35. The lowest BCUT2D eigenvalue weighted by Crippen LogP contribution is -2.25. The summed E-state index contributed by atoms with van der Waals surface area (Å²) < 4.78 is 26.6. The van der Waals surface area contributed by atoms with Crippen LogP contribution >= 0.6 is 27.5 Å². The van der Waals surface area contributed by atoms with Crippen LogP contribution < -0.4 is 4.90 Å². The lowest BCUT2D eigenvalue weighted by Gasteiger charge is -2.17. The Labute approximate surface area is 111 Å². The summed E-state index contributed by atoms with van der Waals surface area (Å²) in [5, 5.41) is 0.489. The van der Waals surface area contributed by atoms with Crippen molar-refractivity contribution >= 4 is 39.1 Å². The summed E-state index contributed by atoms with van der Waals surface area (Å²) >= 11 is 8.88. The van der Waals surface area contributed by atoms with E-state index in [0.29, 0.717) is 24.4 Å². The average molecular weight is 325 g/mol. The van der Waals surface area contributed by atoms with Gasteiger partial charge in [-0.3, -0.25) is 4.79 Å². The van der Waals surface area contributed by atoms with Crippen molar-refractivity contribution in [2.45, 2.75) is 6.42 Å². The molecular formula is C11H9BrClF2NO. The molecule has 1 aromatic carbocycles. The fourth-order valence-corrected chi connectivity index (χ4v) is 2.43. The van der Waals surface area contributed by atoms with Crippen LogP contribution in [0.3, 0.4) is 0 Å². The van der Waals surface area contributed by atoms with Gasteiger partial charge in [-0.2, -0.15) is 0 Å². The molecule has 1 atom stereocenters. The summed E-state index contributed by atoms with van der Waals surface area (Å²) in [6.07, 6.45) is 0.361. The molecule has 0 spiro atoms. The van der Waals surface area contributed by atoms with Crippen molar-refractivity contribution in [3.8, 4) is 0 Å². The molecular weight excluding hydrogens is 315 g/mol. The molecule has 0 aliphatic carbocycles. The molecule has 2 nitrogen and oxygen atoms in total. The summed E-state index contributed by atoms with van der Waals surface area (Å²) in [7, 11) is 0.